The first-order valence-corrected chi connectivity index (χ1v) is 10.6. The largest absolute Gasteiger partial charge is 0.282 e. The van der Waals surface area contributed by atoms with E-state index in [1.807, 2.05) is 36.4 Å². The third-order valence-corrected chi connectivity index (χ3v) is 6.97. The summed E-state index contributed by atoms with van der Waals surface area (Å²) in [6.45, 7) is 1.54. The molecule has 7 nitrogen and oxygen atoms in total. The van der Waals surface area contributed by atoms with E-state index in [1.165, 1.54) is 0 Å². The molecule has 1 aliphatic heterocycles. The fourth-order valence-electron chi connectivity index (χ4n) is 3.63. The average molecular weight is 385 g/mol. The normalized spacial score (nSPS) is 18.6. The number of hydrogen-bond donors (Lipinski definition) is 1. The third kappa shape index (κ3) is 3.81. The molecule has 1 aromatic carbocycles. The first kappa shape index (κ1) is 17.9. The molecule has 27 heavy (non-hydrogen) atoms. The van der Waals surface area contributed by atoms with Crippen LogP contribution in [0, 0.1) is 0 Å². The number of sulfonamides is 1. The average Bonchev–Trinajstić information content (AvgIpc) is 3.39. The molecule has 1 aliphatic rings. The molecular weight excluding hydrogens is 362 g/mol. The maximum absolute atomic E-state index is 13.2. The molecule has 8 heteroatoms. The molecule has 0 amide bonds. The highest BCUT2D eigenvalue weighted by Crippen LogP contribution is 2.29. The number of nitrogens with zero attached hydrogens (tertiary/aromatic N) is 4. The van der Waals surface area contributed by atoms with Crippen molar-refractivity contribution in [2.24, 2.45) is 0 Å². The lowest BCUT2D eigenvalue weighted by atomic mass is 9.96. The van der Waals surface area contributed by atoms with Crippen LogP contribution in [0.4, 0.5) is 0 Å². The maximum Gasteiger partial charge on any atom is 0.260 e. The first-order valence-electron chi connectivity index (χ1n) is 9.20. The second-order valence-corrected chi connectivity index (χ2v) is 8.73. The van der Waals surface area contributed by atoms with Gasteiger partial charge >= 0.3 is 0 Å². The molecule has 0 radical (unpaired) electrons. The molecule has 1 atom stereocenters. The lowest BCUT2D eigenvalue weighted by molar-refractivity contribution is 0.309. The van der Waals surface area contributed by atoms with Gasteiger partial charge in [0.25, 0.3) is 10.0 Å². The summed E-state index contributed by atoms with van der Waals surface area (Å²) < 4.78 is 29.7. The number of aryl methyl sites for hydroxylation is 2. The van der Waals surface area contributed by atoms with Crippen LogP contribution in [0.15, 0.2) is 59.9 Å². The van der Waals surface area contributed by atoms with Crippen LogP contribution in [0.2, 0.25) is 0 Å². The van der Waals surface area contributed by atoms with Gasteiger partial charge in [-0.15, -0.1) is 0 Å². The van der Waals surface area contributed by atoms with E-state index in [-0.39, 0.29) is 10.9 Å². The van der Waals surface area contributed by atoms with Gasteiger partial charge in [-0.2, -0.15) is 14.5 Å². The second kappa shape index (κ2) is 7.66. The van der Waals surface area contributed by atoms with Crippen molar-refractivity contribution in [3.05, 3.63) is 66.1 Å². The third-order valence-electron chi connectivity index (χ3n) is 5.08. The van der Waals surface area contributed by atoms with Crippen molar-refractivity contribution in [2.75, 3.05) is 13.1 Å². The van der Waals surface area contributed by atoms with E-state index < -0.39 is 10.0 Å². The van der Waals surface area contributed by atoms with Gasteiger partial charge in [0, 0.05) is 37.4 Å². The first-order chi connectivity index (χ1) is 13.1. The van der Waals surface area contributed by atoms with Crippen molar-refractivity contribution in [1.82, 2.24) is 24.3 Å². The van der Waals surface area contributed by atoms with Crippen LogP contribution in [0.5, 0.6) is 0 Å². The molecule has 1 fully saturated rings. The number of nitrogens with one attached hydrogen (secondary N) is 1. The van der Waals surface area contributed by atoms with Crippen LogP contribution in [0.1, 0.15) is 30.0 Å². The Balaban J connectivity index is 1.51. The summed E-state index contributed by atoms with van der Waals surface area (Å²) in [7, 11) is -3.58. The minimum atomic E-state index is -3.58. The zero-order valence-corrected chi connectivity index (χ0v) is 15.8. The number of benzene rings is 1. The van der Waals surface area contributed by atoms with Crippen LogP contribution in [0.3, 0.4) is 0 Å². The number of hydrogen-bond acceptors (Lipinski definition) is 4. The Labute approximate surface area is 159 Å². The van der Waals surface area contributed by atoms with Crippen LogP contribution in [0.25, 0.3) is 0 Å². The summed E-state index contributed by atoms with van der Waals surface area (Å²) in [6.07, 6.45) is 5.81. The zero-order valence-electron chi connectivity index (χ0n) is 15.0. The van der Waals surface area contributed by atoms with Crippen molar-refractivity contribution >= 4 is 10.0 Å². The van der Waals surface area contributed by atoms with E-state index in [9.17, 15) is 8.42 Å². The van der Waals surface area contributed by atoms with Crippen LogP contribution < -0.4 is 0 Å². The molecule has 0 aliphatic carbocycles. The molecule has 3 heterocycles. The molecule has 2 aromatic heterocycles. The topological polar surface area (TPSA) is 83.9 Å². The quantitative estimate of drug-likeness (QED) is 0.706. The Morgan fingerprint density at radius 2 is 1.96 bits per heavy atom. The molecule has 1 N–H and O–H groups in total. The van der Waals surface area contributed by atoms with Gasteiger partial charge in [0.1, 0.15) is 0 Å². The molecule has 0 saturated carbocycles. The molecular formula is C19H23N5O2S. The SMILES string of the molecule is O=S(=O)(c1ccnn1CCc1ccccc1)N1CCCC(c2ccn[nH]2)C1. The van der Waals surface area contributed by atoms with Gasteiger partial charge in [0.05, 0.1) is 6.20 Å². The van der Waals surface area contributed by atoms with Gasteiger partial charge in [-0.3, -0.25) is 9.78 Å². The molecule has 0 bridgehead atoms. The zero-order chi connectivity index (χ0) is 18.7. The van der Waals surface area contributed by atoms with Crippen LogP contribution >= 0.6 is 0 Å². The van der Waals surface area contributed by atoms with E-state index in [4.69, 9.17) is 0 Å². The number of piperidine rings is 1. The van der Waals surface area contributed by atoms with Crippen LogP contribution in [-0.2, 0) is 23.0 Å². The van der Waals surface area contributed by atoms with Gasteiger partial charge < -0.3 is 0 Å². The highest BCUT2D eigenvalue weighted by molar-refractivity contribution is 7.89. The summed E-state index contributed by atoms with van der Waals surface area (Å²) in [5, 5.41) is 11.5. The van der Waals surface area contributed by atoms with Gasteiger partial charge in [-0.1, -0.05) is 30.3 Å². The van der Waals surface area contributed by atoms with Crippen LogP contribution in [-0.4, -0.2) is 45.8 Å². The Hall–Kier alpha value is -2.45. The smallest absolute Gasteiger partial charge is 0.260 e. The molecule has 0 spiro atoms. The highest BCUT2D eigenvalue weighted by atomic mass is 32.2. The predicted octanol–water partition coefficient (Wildman–Crippen LogP) is 2.42. The van der Waals surface area contributed by atoms with Crippen molar-refractivity contribution < 1.29 is 8.42 Å². The van der Waals surface area contributed by atoms with E-state index in [2.05, 4.69) is 15.3 Å². The van der Waals surface area contributed by atoms with Crippen molar-refractivity contribution in [3.8, 4) is 0 Å². The van der Waals surface area contributed by atoms with E-state index in [0.717, 1.165) is 30.5 Å². The second-order valence-electron chi connectivity index (χ2n) is 6.84. The minimum Gasteiger partial charge on any atom is -0.282 e. The lowest BCUT2D eigenvalue weighted by Gasteiger charge is -2.31. The van der Waals surface area contributed by atoms with Gasteiger partial charge in [-0.05, 0) is 37.0 Å². The summed E-state index contributed by atoms with van der Waals surface area (Å²) in [4.78, 5) is 0. The molecule has 3 aromatic rings. The fraction of sp³-hybridized carbons (Fsp3) is 0.368. The standard InChI is InChI=1S/C19H23N5O2S/c25-27(26,23-13-4-7-17(15-23)18-8-11-20-22-18)19-9-12-21-24(19)14-10-16-5-2-1-3-6-16/h1-3,5-6,8-9,11-12,17H,4,7,10,13-15H2,(H,20,22). The van der Waals surface area contributed by atoms with E-state index >= 15 is 0 Å². The molecule has 4 rings (SSSR count). The molecule has 1 unspecified atom stereocenters. The van der Waals surface area contributed by atoms with Crippen molar-refractivity contribution in [1.29, 1.82) is 0 Å². The summed E-state index contributed by atoms with van der Waals surface area (Å²) >= 11 is 0. The van der Waals surface area contributed by atoms with Gasteiger partial charge in [-0.25, -0.2) is 8.42 Å². The summed E-state index contributed by atoms with van der Waals surface area (Å²) in [6, 6.07) is 13.5. The Kier molecular flexibility index (Phi) is 5.09. The number of rotatable bonds is 6. The number of H-pyrrole nitrogens is 1. The van der Waals surface area contributed by atoms with Crippen molar-refractivity contribution in [3.63, 3.8) is 0 Å². The minimum absolute atomic E-state index is 0.150. The summed E-state index contributed by atoms with van der Waals surface area (Å²) in [5.74, 6) is 0.150. The van der Waals surface area contributed by atoms with E-state index in [1.54, 1.807) is 27.4 Å². The molecule has 1 saturated heterocycles. The Morgan fingerprint density at radius 3 is 2.74 bits per heavy atom. The molecule has 142 valence electrons. The van der Waals surface area contributed by atoms with E-state index in [0.29, 0.717) is 19.6 Å². The Morgan fingerprint density at radius 1 is 1.11 bits per heavy atom. The Bertz CT molecular complexity index is 967. The van der Waals surface area contributed by atoms with Gasteiger partial charge in [0.15, 0.2) is 5.03 Å². The fourth-order valence-corrected chi connectivity index (χ4v) is 5.28. The number of aromatic amines is 1. The maximum atomic E-state index is 13.2. The lowest BCUT2D eigenvalue weighted by Crippen LogP contribution is -2.40. The van der Waals surface area contributed by atoms with Crippen molar-refractivity contribution in [2.45, 2.75) is 36.8 Å². The monoisotopic (exact) mass is 385 g/mol. The van der Waals surface area contributed by atoms with Gasteiger partial charge in [0.2, 0.25) is 0 Å². The number of aromatic nitrogens is 4. The predicted molar refractivity (Wildman–Crippen MR) is 102 cm³/mol. The highest BCUT2D eigenvalue weighted by Gasteiger charge is 2.33. The summed E-state index contributed by atoms with van der Waals surface area (Å²) in [5.41, 5.74) is 2.15.